The molecule has 0 aliphatic rings. The predicted molar refractivity (Wildman–Crippen MR) is 106 cm³/mol. The molecule has 0 fully saturated rings. The summed E-state index contributed by atoms with van der Waals surface area (Å²) in [6.45, 7) is 6.10. The fourth-order valence-electron chi connectivity index (χ4n) is 1.98. The number of hydrogen-bond donors (Lipinski definition) is 0. The first-order valence-electron chi connectivity index (χ1n) is 7.31. The second-order valence-electron chi connectivity index (χ2n) is 6.61. The lowest BCUT2D eigenvalue weighted by Crippen LogP contribution is -2.35. The van der Waals surface area contributed by atoms with Crippen LogP contribution in [0.25, 0.3) is 0 Å². The molecule has 0 saturated carbocycles. The molecule has 0 unspecified atom stereocenters. The second-order valence-corrected chi connectivity index (χ2v) is 6.61. The van der Waals surface area contributed by atoms with Crippen molar-refractivity contribution in [1.29, 1.82) is 0 Å². The first-order valence-corrected chi connectivity index (χ1v) is 7.31. The third-order valence-corrected chi connectivity index (χ3v) is 2.76. The monoisotopic (exact) mass is 433 g/mol. The number of rotatable bonds is 3. The maximum atomic E-state index is 12.1. The van der Waals surface area contributed by atoms with E-state index in [2.05, 4.69) is 4.99 Å². The van der Waals surface area contributed by atoms with Crippen molar-refractivity contribution < 1.29 is 9.53 Å². The zero-order valence-corrected chi connectivity index (χ0v) is 17.4. The van der Waals surface area contributed by atoms with Crippen LogP contribution in [0.5, 0.6) is 0 Å². The van der Waals surface area contributed by atoms with Gasteiger partial charge in [0.15, 0.2) is 5.96 Å². The lowest BCUT2D eigenvalue weighted by molar-refractivity contribution is 0.00694. The topological polar surface area (TPSA) is 45.1 Å². The van der Waals surface area contributed by atoms with Crippen molar-refractivity contribution in [3.05, 3.63) is 35.4 Å². The molecule has 0 bridgehead atoms. The van der Waals surface area contributed by atoms with Gasteiger partial charge in [0.1, 0.15) is 5.60 Å². The van der Waals surface area contributed by atoms with Gasteiger partial charge in [-0.15, -0.1) is 24.0 Å². The summed E-state index contributed by atoms with van der Waals surface area (Å²) in [6, 6.07) is 7.41. The summed E-state index contributed by atoms with van der Waals surface area (Å²) in [5, 5.41) is 0. The fraction of sp³-hybridized carbons (Fsp3) is 0.529. The van der Waals surface area contributed by atoms with Gasteiger partial charge in [-0.05, 0) is 38.5 Å². The summed E-state index contributed by atoms with van der Waals surface area (Å²) in [5.74, 6) is 0.571. The Balaban J connectivity index is 0.00000484. The van der Waals surface area contributed by atoms with Crippen molar-refractivity contribution in [2.24, 2.45) is 4.99 Å². The van der Waals surface area contributed by atoms with E-state index in [-0.39, 0.29) is 29.9 Å². The highest BCUT2D eigenvalue weighted by Gasteiger charge is 2.17. The number of guanidine groups is 1. The number of carbonyl (C=O) groups excluding carboxylic acids is 1. The van der Waals surface area contributed by atoms with Crippen molar-refractivity contribution in [3.8, 4) is 0 Å². The molecule has 0 atom stereocenters. The highest BCUT2D eigenvalue weighted by Crippen LogP contribution is 2.14. The Morgan fingerprint density at radius 1 is 1.13 bits per heavy atom. The number of nitrogens with zero attached hydrogens (tertiary/aromatic N) is 3. The van der Waals surface area contributed by atoms with Gasteiger partial charge in [0.25, 0.3) is 0 Å². The Kier molecular flexibility index (Phi) is 8.58. The molecule has 0 aliphatic carbocycles. The quantitative estimate of drug-likeness (QED) is 0.318. The molecule has 1 rings (SSSR count). The Hall–Kier alpha value is -1.31. The van der Waals surface area contributed by atoms with E-state index >= 15 is 0 Å². The molecule has 0 radical (unpaired) electrons. The third kappa shape index (κ3) is 7.67. The normalized spacial score (nSPS) is 10.4. The molecule has 1 aromatic rings. The molecule has 0 saturated heterocycles. The Morgan fingerprint density at radius 3 is 2.17 bits per heavy atom. The minimum Gasteiger partial charge on any atom is -0.456 e. The zero-order chi connectivity index (χ0) is 16.9. The Labute approximate surface area is 156 Å². The smallest absolute Gasteiger partial charge is 0.338 e. The molecular weight excluding hydrogens is 405 g/mol. The minimum absolute atomic E-state index is 0. The van der Waals surface area contributed by atoms with Crippen LogP contribution < -0.4 is 0 Å². The van der Waals surface area contributed by atoms with Gasteiger partial charge < -0.3 is 14.5 Å². The summed E-state index contributed by atoms with van der Waals surface area (Å²) < 4.78 is 5.39. The third-order valence-electron chi connectivity index (χ3n) is 2.76. The molecular formula is C17H28IN3O2. The van der Waals surface area contributed by atoms with Crippen molar-refractivity contribution in [3.63, 3.8) is 0 Å². The van der Waals surface area contributed by atoms with Crippen LogP contribution in [0.1, 0.15) is 36.7 Å². The summed E-state index contributed by atoms with van der Waals surface area (Å²) in [6.07, 6.45) is 0. The van der Waals surface area contributed by atoms with Gasteiger partial charge in [-0.2, -0.15) is 0 Å². The van der Waals surface area contributed by atoms with Gasteiger partial charge in [0, 0.05) is 28.2 Å². The van der Waals surface area contributed by atoms with Gasteiger partial charge in [-0.1, -0.05) is 12.1 Å². The largest absolute Gasteiger partial charge is 0.456 e. The van der Waals surface area contributed by atoms with Crippen LogP contribution in [0.15, 0.2) is 29.3 Å². The summed E-state index contributed by atoms with van der Waals surface area (Å²) in [5.41, 5.74) is 1.04. The lowest BCUT2D eigenvalue weighted by atomic mass is 10.1. The number of hydrogen-bond acceptors (Lipinski definition) is 3. The van der Waals surface area contributed by atoms with Gasteiger partial charge in [0.2, 0.25) is 0 Å². The number of carbonyl (C=O) groups is 1. The van der Waals surface area contributed by atoms with Gasteiger partial charge in [0.05, 0.1) is 12.1 Å². The van der Waals surface area contributed by atoms with Crippen LogP contribution in [0.4, 0.5) is 0 Å². The van der Waals surface area contributed by atoms with E-state index in [1.165, 1.54) is 0 Å². The van der Waals surface area contributed by atoms with E-state index < -0.39 is 5.60 Å². The fourth-order valence-corrected chi connectivity index (χ4v) is 1.98. The summed E-state index contributed by atoms with van der Waals surface area (Å²) >= 11 is 0. The molecule has 0 aromatic heterocycles. The second kappa shape index (κ2) is 9.10. The molecule has 0 spiro atoms. The van der Waals surface area contributed by atoms with E-state index in [0.717, 1.165) is 11.5 Å². The van der Waals surface area contributed by atoms with Crippen molar-refractivity contribution in [2.75, 3.05) is 28.2 Å². The molecule has 130 valence electrons. The molecule has 23 heavy (non-hydrogen) atoms. The standard InChI is InChI=1S/C17H27N3O2.HI/c1-17(2,3)22-15(21)14-10-8-9-13(11-14)12-18-16(19(4)5)20(6)7;/h8-11H,12H2,1-7H3;1H. The first-order chi connectivity index (χ1) is 10.1. The molecule has 6 heteroatoms. The van der Waals surface area contributed by atoms with E-state index in [0.29, 0.717) is 12.1 Å². The minimum atomic E-state index is -0.492. The first kappa shape index (κ1) is 21.7. The number of ether oxygens (including phenoxy) is 1. The van der Waals surface area contributed by atoms with Crippen LogP contribution in [0.2, 0.25) is 0 Å². The number of esters is 1. The van der Waals surface area contributed by atoms with Crippen molar-refractivity contribution in [2.45, 2.75) is 32.9 Å². The van der Waals surface area contributed by atoms with Gasteiger partial charge >= 0.3 is 5.97 Å². The Bertz CT molecular complexity index is 539. The molecule has 0 aliphatic heterocycles. The molecule has 0 N–H and O–H groups in total. The van der Waals surface area contributed by atoms with Crippen LogP contribution in [0.3, 0.4) is 0 Å². The maximum absolute atomic E-state index is 12.1. The SMILES string of the molecule is CN(C)C(=NCc1cccc(C(=O)OC(C)(C)C)c1)N(C)C.I. The number of benzene rings is 1. The highest BCUT2D eigenvalue weighted by atomic mass is 127. The highest BCUT2D eigenvalue weighted by molar-refractivity contribution is 14.0. The molecule has 5 nitrogen and oxygen atoms in total. The van der Waals surface area contributed by atoms with E-state index in [1.807, 2.05) is 77.0 Å². The van der Waals surface area contributed by atoms with Crippen LogP contribution >= 0.6 is 24.0 Å². The van der Waals surface area contributed by atoms with Crippen LogP contribution in [-0.4, -0.2) is 55.5 Å². The van der Waals surface area contributed by atoms with Crippen LogP contribution in [0, 0.1) is 0 Å². The van der Waals surface area contributed by atoms with E-state index in [4.69, 9.17) is 4.74 Å². The lowest BCUT2D eigenvalue weighted by Gasteiger charge is -2.22. The van der Waals surface area contributed by atoms with Gasteiger partial charge in [-0.25, -0.2) is 9.79 Å². The van der Waals surface area contributed by atoms with Crippen molar-refractivity contribution in [1.82, 2.24) is 9.80 Å². The van der Waals surface area contributed by atoms with Crippen molar-refractivity contribution >= 4 is 35.9 Å². The molecule has 0 amide bonds. The predicted octanol–water partition coefficient (Wildman–Crippen LogP) is 3.24. The van der Waals surface area contributed by atoms with E-state index in [1.54, 1.807) is 6.07 Å². The van der Waals surface area contributed by atoms with Crippen LogP contribution in [-0.2, 0) is 11.3 Å². The summed E-state index contributed by atoms with van der Waals surface area (Å²) in [4.78, 5) is 20.6. The maximum Gasteiger partial charge on any atom is 0.338 e. The van der Waals surface area contributed by atoms with Gasteiger partial charge in [-0.3, -0.25) is 0 Å². The number of halogens is 1. The molecule has 1 aromatic carbocycles. The average molecular weight is 433 g/mol. The van der Waals surface area contributed by atoms with E-state index in [9.17, 15) is 4.79 Å². The zero-order valence-electron chi connectivity index (χ0n) is 15.1. The Morgan fingerprint density at radius 2 is 1.70 bits per heavy atom. The summed E-state index contributed by atoms with van der Waals surface area (Å²) in [7, 11) is 7.82. The average Bonchev–Trinajstić information content (AvgIpc) is 2.36. The number of aliphatic imine (C=N–C) groups is 1. The molecule has 0 heterocycles.